The Morgan fingerprint density at radius 1 is 1.10 bits per heavy atom. The van der Waals surface area contributed by atoms with E-state index in [9.17, 15) is 0 Å². The van der Waals surface area contributed by atoms with E-state index in [0.717, 1.165) is 23.3 Å². The summed E-state index contributed by atoms with van der Waals surface area (Å²) in [6.07, 6.45) is 5.45. The third-order valence-electron chi connectivity index (χ3n) is 5.07. The summed E-state index contributed by atoms with van der Waals surface area (Å²) in [5.41, 5.74) is 2.28. The van der Waals surface area contributed by atoms with Gasteiger partial charge in [-0.3, -0.25) is 9.58 Å². The van der Waals surface area contributed by atoms with E-state index in [1.165, 1.54) is 64.0 Å². The monoisotopic (exact) mass is 310 g/mol. The second-order valence-electron chi connectivity index (χ2n) is 6.71. The summed E-state index contributed by atoms with van der Waals surface area (Å²) in [7, 11) is 1.92. The molecule has 0 unspecified atom stereocenters. The molecule has 0 atom stereocenters. The highest BCUT2D eigenvalue weighted by molar-refractivity contribution is 6.30. The highest BCUT2D eigenvalue weighted by Gasteiger charge is 2.24. The topological polar surface area (TPSA) is 24.3 Å². The van der Waals surface area contributed by atoms with E-state index >= 15 is 0 Å². The van der Waals surface area contributed by atoms with E-state index in [-0.39, 0.29) is 0 Å². The van der Waals surface area contributed by atoms with Gasteiger partial charge in [0.15, 0.2) is 0 Å². The van der Waals surface area contributed by atoms with Gasteiger partial charge in [-0.15, -0.1) is 0 Å². The lowest BCUT2D eigenvalue weighted by Crippen LogP contribution is -2.37. The molecule has 2 aliphatic rings. The number of aryl methyl sites for hydroxylation is 2. The van der Waals surface area contributed by atoms with Crippen molar-refractivity contribution >= 4 is 11.6 Å². The van der Waals surface area contributed by atoms with E-state index in [1.807, 2.05) is 7.05 Å². The predicted octanol–water partition coefficient (Wildman–Crippen LogP) is 2.69. The molecule has 0 bridgehead atoms. The second kappa shape index (κ2) is 6.67. The van der Waals surface area contributed by atoms with Gasteiger partial charge in [-0.2, -0.15) is 5.10 Å². The van der Waals surface area contributed by atoms with Crippen molar-refractivity contribution in [1.82, 2.24) is 19.6 Å². The first-order valence-electron chi connectivity index (χ1n) is 8.26. The summed E-state index contributed by atoms with van der Waals surface area (Å²) < 4.78 is 1.78. The molecule has 118 valence electrons. The van der Waals surface area contributed by atoms with Crippen LogP contribution in [-0.2, 0) is 13.6 Å². The van der Waals surface area contributed by atoms with Crippen molar-refractivity contribution < 1.29 is 0 Å². The van der Waals surface area contributed by atoms with Crippen molar-refractivity contribution in [3.05, 3.63) is 16.4 Å². The van der Waals surface area contributed by atoms with E-state index < -0.39 is 0 Å². The van der Waals surface area contributed by atoms with Gasteiger partial charge < -0.3 is 4.90 Å². The number of piperidine rings is 1. The molecule has 2 aliphatic heterocycles. The summed E-state index contributed by atoms with van der Waals surface area (Å²) in [6, 6.07) is 0. The Hall–Kier alpha value is -0.580. The first-order valence-corrected chi connectivity index (χ1v) is 8.64. The largest absolute Gasteiger partial charge is 0.303 e. The van der Waals surface area contributed by atoms with Gasteiger partial charge in [0, 0.05) is 25.7 Å². The molecule has 2 saturated heterocycles. The molecule has 3 rings (SSSR count). The van der Waals surface area contributed by atoms with Crippen LogP contribution in [0, 0.1) is 12.8 Å². The van der Waals surface area contributed by atoms with Crippen LogP contribution in [0.25, 0.3) is 0 Å². The molecule has 0 aliphatic carbocycles. The van der Waals surface area contributed by atoms with Crippen molar-refractivity contribution in [2.75, 3.05) is 32.7 Å². The van der Waals surface area contributed by atoms with Crippen LogP contribution < -0.4 is 0 Å². The fourth-order valence-electron chi connectivity index (χ4n) is 3.73. The molecular formula is C16H27ClN4. The number of hydrogen-bond acceptors (Lipinski definition) is 3. The molecule has 0 radical (unpaired) electrons. The van der Waals surface area contributed by atoms with Crippen LogP contribution in [-0.4, -0.2) is 52.3 Å². The first kappa shape index (κ1) is 15.3. The van der Waals surface area contributed by atoms with Gasteiger partial charge in [0.2, 0.25) is 0 Å². The van der Waals surface area contributed by atoms with E-state index in [2.05, 4.69) is 21.8 Å². The lowest BCUT2D eigenvalue weighted by atomic mass is 9.96. The zero-order valence-corrected chi connectivity index (χ0v) is 14.1. The smallest absolute Gasteiger partial charge is 0.131 e. The number of likely N-dealkylation sites (tertiary alicyclic amines) is 2. The number of aromatic nitrogens is 2. The summed E-state index contributed by atoms with van der Waals surface area (Å²) in [6.45, 7) is 9.37. The Bertz CT molecular complexity index is 471. The highest BCUT2D eigenvalue weighted by Crippen LogP contribution is 2.25. The van der Waals surface area contributed by atoms with Crippen molar-refractivity contribution in [3.8, 4) is 0 Å². The highest BCUT2D eigenvalue weighted by atomic mass is 35.5. The summed E-state index contributed by atoms with van der Waals surface area (Å²) >= 11 is 6.34. The quantitative estimate of drug-likeness (QED) is 0.854. The molecule has 0 aromatic carbocycles. The molecule has 0 N–H and O–H groups in total. The Kier molecular flexibility index (Phi) is 4.87. The molecule has 2 fully saturated rings. The molecule has 0 spiro atoms. The van der Waals surface area contributed by atoms with Crippen molar-refractivity contribution in [3.63, 3.8) is 0 Å². The minimum atomic E-state index is 0.798. The molecule has 0 saturated carbocycles. The first-order chi connectivity index (χ1) is 10.1. The number of halogens is 1. The summed E-state index contributed by atoms with van der Waals surface area (Å²) in [4.78, 5) is 5.19. The maximum Gasteiger partial charge on any atom is 0.131 e. The fraction of sp³-hybridized carbons (Fsp3) is 0.812. The van der Waals surface area contributed by atoms with Gasteiger partial charge in [0.1, 0.15) is 5.15 Å². The zero-order chi connectivity index (χ0) is 14.8. The van der Waals surface area contributed by atoms with Crippen LogP contribution in [0.4, 0.5) is 0 Å². The third-order valence-corrected chi connectivity index (χ3v) is 5.55. The maximum absolute atomic E-state index is 6.34. The van der Waals surface area contributed by atoms with Crippen molar-refractivity contribution in [2.45, 2.75) is 39.2 Å². The lowest BCUT2D eigenvalue weighted by molar-refractivity contribution is 0.148. The van der Waals surface area contributed by atoms with E-state index in [0.29, 0.717) is 0 Å². The Morgan fingerprint density at radius 2 is 1.76 bits per heavy atom. The summed E-state index contributed by atoms with van der Waals surface area (Å²) in [5, 5.41) is 5.21. The number of nitrogens with zero attached hydrogens (tertiary/aromatic N) is 4. The average Bonchev–Trinajstić information content (AvgIpc) is 3.05. The van der Waals surface area contributed by atoms with Gasteiger partial charge >= 0.3 is 0 Å². The van der Waals surface area contributed by atoms with Crippen molar-refractivity contribution in [1.29, 1.82) is 0 Å². The molecule has 21 heavy (non-hydrogen) atoms. The van der Waals surface area contributed by atoms with Crippen LogP contribution in [0.2, 0.25) is 5.15 Å². The summed E-state index contributed by atoms with van der Waals surface area (Å²) in [5.74, 6) is 0.893. The Morgan fingerprint density at radius 3 is 2.33 bits per heavy atom. The van der Waals surface area contributed by atoms with Crippen LogP contribution in [0.1, 0.15) is 36.9 Å². The minimum Gasteiger partial charge on any atom is -0.303 e. The maximum atomic E-state index is 6.34. The third kappa shape index (κ3) is 3.61. The molecule has 4 nitrogen and oxygen atoms in total. The molecule has 1 aromatic rings. The Labute approximate surface area is 133 Å². The van der Waals surface area contributed by atoms with Gasteiger partial charge in [-0.1, -0.05) is 11.6 Å². The van der Waals surface area contributed by atoms with Crippen LogP contribution >= 0.6 is 11.6 Å². The van der Waals surface area contributed by atoms with Gasteiger partial charge in [0.05, 0.1) is 5.69 Å². The Balaban J connectivity index is 1.49. The number of rotatable bonds is 4. The van der Waals surface area contributed by atoms with Crippen LogP contribution in [0.3, 0.4) is 0 Å². The second-order valence-corrected chi connectivity index (χ2v) is 7.06. The minimum absolute atomic E-state index is 0.798. The van der Waals surface area contributed by atoms with E-state index in [1.54, 1.807) is 4.68 Å². The van der Waals surface area contributed by atoms with Crippen LogP contribution in [0.5, 0.6) is 0 Å². The molecule has 1 aromatic heterocycles. The number of hydrogen-bond donors (Lipinski definition) is 0. The van der Waals surface area contributed by atoms with Crippen molar-refractivity contribution in [2.24, 2.45) is 13.0 Å². The molecule has 0 amide bonds. The average molecular weight is 311 g/mol. The lowest BCUT2D eigenvalue weighted by Gasteiger charge is -2.33. The normalized spacial score (nSPS) is 22.2. The van der Waals surface area contributed by atoms with Gasteiger partial charge in [0.25, 0.3) is 0 Å². The zero-order valence-electron chi connectivity index (χ0n) is 13.3. The SMILES string of the molecule is Cc1nn(C)c(Cl)c1CN1CCC(CN2CCCC2)CC1. The van der Waals surface area contributed by atoms with E-state index in [4.69, 9.17) is 11.6 Å². The fourth-order valence-corrected chi connectivity index (χ4v) is 3.97. The molecule has 3 heterocycles. The molecular weight excluding hydrogens is 284 g/mol. The van der Waals surface area contributed by atoms with Gasteiger partial charge in [-0.05, 0) is 64.7 Å². The predicted molar refractivity (Wildman–Crippen MR) is 86.6 cm³/mol. The van der Waals surface area contributed by atoms with Crippen LogP contribution in [0.15, 0.2) is 0 Å². The standard InChI is InChI=1S/C16H27ClN4/c1-13-15(16(17)19(2)18-13)12-21-9-5-14(6-10-21)11-20-7-3-4-8-20/h14H,3-12H2,1-2H3. The van der Waals surface area contributed by atoms with Gasteiger partial charge in [-0.25, -0.2) is 0 Å². The molecule has 5 heteroatoms.